The molecule has 2 N–H and O–H groups in total. The molecule has 1 aromatic carbocycles. The van der Waals surface area contributed by atoms with Crippen LogP contribution in [-0.2, 0) is 4.74 Å². The number of hydrogen-bond donors (Lipinski definition) is 2. The standard InChI is InChI=1S/C17H25N3O5/c1-11-5-6-12(14(9-11)20(23)24)18-13-7-8-19(10-15(13)21)16(22)25-17(2,3)4/h5-6,9,13,15,18,21H,7-8,10H2,1-4H3. The van der Waals surface area contributed by atoms with Crippen molar-refractivity contribution in [2.24, 2.45) is 0 Å². The van der Waals surface area contributed by atoms with Crippen LogP contribution in [0.4, 0.5) is 16.2 Å². The van der Waals surface area contributed by atoms with E-state index in [9.17, 15) is 20.0 Å². The Balaban J connectivity index is 2.03. The number of amides is 1. The largest absolute Gasteiger partial charge is 0.444 e. The zero-order chi connectivity index (χ0) is 18.8. The molecule has 2 atom stereocenters. The summed E-state index contributed by atoms with van der Waals surface area (Å²) in [6.07, 6.45) is -0.848. The van der Waals surface area contributed by atoms with Gasteiger partial charge in [-0.1, -0.05) is 6.07 Å². The van der Waals surface area contributed by atoms with E-state index in [2.05, 4.69) is 5.32 Å². The van der Waals surface area contributed by atoms with Crippen LogP contribution in [0.3, 0.4) is 0 Å². The molecule has 2 unspecified atom stereocenters. The number of likely N-dealkylation sites (tertiary alicyclic amines) is 1. The monoisotopic (exact) mass is 351 g/mol. The topological polar surface area (TPSA) is 105 Å². The molecule has 1 heterocycles. The van der Waals surface area contributed by atoms with Gasteiger partial charge in [-0.3, -0.25) is 10.1 Å². The Morgan fingerprint density at radius 2 is 2.12 bits per heavy atom. The number of nitro benzene ring substituents is 1. The fourth-order valence-electron chi connectivity index (χ4n) is 2.71. The SMILES string of the molecule is Cc1ccc(NC2CCN(C(=O)OC(C)(C)C)CC2O)c([N+](=O)[O-])c1. The Morgan fingerprint density at radius 3 is 2.68 bits per heavy atom. The third kappa shape index (κ3) is 5.06. The Kier molecular flexibility index (Phi) is 5.52. The van der Waals surface area contributed by atoms with E-state index in [0.29, 0.717) is 18.7 Å². The zero-order valence-electron chi connectivity index (χ0n) is 15.0. The van der Waals surface area contributed by atoms with Crippen molar-refractivity contribution in [1.82, 2.24) is 4.90 Å². The van der Waals surface area contributed by atoms with Gasteiger partial charge in [0.25, 0.3) is 5.69 Å². The molecule has 1 fully saturated rings. The highest BCUT2D eigenvalue weighted by molar-refractivity contribution is 5.68. The maximum atomic E-state index is 12.1. The van der Waals surface area contributed by atoms with Crippen molar-refractivity contribution in [3.63, 3.8) is 0 Å². The van der Waals surface area contributed by atoms with E-state index in [-0.39, 0.29) is 18.3 Å². The van der Waals surface area contributed by atoms with Gasteiger partial charge in [-0.2, -0.15) is 0 Å². The molecule has 0 radical (unpaired) electrons. The van der Waals surface area contributed by atoms with Crippen molar-refractivity contribution in [2.45, 2.75) is 51.9 Å². The fraction of sp³-hybridized carbons (Fsp3) is 0.588. The number of β-amino-alcohol motifs (C(OH)–C–C–N with tert-alkyl or cyclic N) is 1. The van der Waals surface area contributed by atoms with Crippen LogP contribution in [0.15, 0.2) is 18.2 Å². The molecular weight excluding hydrogens is 326 g/mol. The fourth-order valence-corrected chi connectivity index (χ4v) is 2.71. The van der Waals surface area contributed by atoms with E-state index in [1.54, 1.807) is 39.8 Å². The molecule has 0 saturated carbocycles. The lowest BCUT2D eigenvalue weighted by Crippen LogP contribution is -2.52. The van der Waals surface area contributed by atoms with Gasteiger partial charge in [0.15, 0.2) is 0 Å². The first-order chi connectivity index (χ1) is 11.6. The maximum Gasteiger partial charge on any atom is 0.410 e. The number of aryl methyl sites for hydroxylation is 1. The minimum atomic E-state index is -0.845. The summed E-state index contributed by atoms with van der Waals surface area (Å²) in [4.78, 5) is 24.3. The molecule has 1 aliphatic heterocycles. The van der Waals surface area contributed by atoms with Crippen LogP contribution >= 0.6 is 0 Å². The highest BCUT2D eigenvalue weighted by Crippen LogP contribution is 2.28. The van der Waals surface area contributed by atoms with E-state index in [0.717, 1.165) is 5.56 Å². The van der Waals surface area contributed by atoms with Gasteiger partial charge in [-0.25, -0.2) is 4.79 Å². The van der Waals surface area contributed by atoms with Crippen LogP contribution < -0.4 is 5.32 Å². The summed E-state index contributed by atoms with van der Waals surface area (Å²) in [5, 5.41) is 24.6. The van der Waals surface area contributed by atoms with E-state index in [1.807, 2.05) is 0 Å². The molecule has 1 saturated heterocycles. The molecule has 1 aliphatic rings. The van der Waals surface area contributed by atoms with Gasteiger partial charge in [-0.05, 0) is 45.7 Å². The van der Waals surface area contributed by atoms with Crippen LogP contribution in [-0.4, -0.2) is 51.9 Å². The number of nitro groups is 1. The summed E-state index contributed by atoms with van der Waals surface area (Å²) in [5.41, 5.74) is 0.532. The third-order valence-electron chi connectivity index (χ3n) is 3.92. The number of carbonyl (C=O) groups excluding carboxylic acids is 1. The lowest BCUT2D eigenvalue weighted by atomic mass is 10.0. The molecule has 138 valence electrons. The average molecular weight is 351 g/mol. The van der Waals surface area contributed by atoms with E-state index >= 15 is 0 Å². The lowest BCUT2D eigenvalue weighted by molar-refractivity contribution is -0.384. The smallest absolute Gasteiger partial charge is 0.410 e. The first-order valence-electron chi connectivity index (χ1n) is 8.24. The van der Waals surface area contributed by atoms with Crippen molar-refractivity contribution >= 4 is 17.5 Å². The molecule has 1 amide bonds. The maximum absolute atomic E-state index is 12.1. The molecule has 0 aromatic heterocycles. The molecular formula is C17H25N3O5. The Bertz CT molecular complexity index is 656. The molecule has 8 nitrogen and oxygen atoms in total. The van der Waals surface area contributed by atoms with Crippen molar-refractivity contribution in [3.8, 4) is 0 Å². The Labute approximate surface area is 146 Å². The summed E-state index contributed by atoms with van der Waals surface area (Å²) in [6, 6.07) is 4.53. The van der Waals surface area contributed by atoms with Gasteiger partial charge in [0, 0.05) is 12.6 Å². The number of benzene rings is 1. The number of nitrogens with zero attached hydrogens (tertiary/aromatic N) is 2. The van der Waals surface area contributed by atoms with Crippen molar-refractivity contribution in [3.05, 3.63) is 33.9 Å². The lowest BCUT2D eigenvalue weighted by Gasteiger charge is -2.37. The van der Waals surface area contributed by atoms with Crippen LogP contribution in [0.1, 0.15) is 32.8 Å². The summed E-state index contributed by atoms with van der Waals surface area (Å²) in [7, 11) is 0. The minimum absolute atomic E-state index is 0.0261. The molecule has 0 aliphatic carbocycles. The number of aliphatic hydroxyl groups is 1. The minimum Gasteiger partial charge on any atom is -0.444 e. The second kappa shape index (κ2) is 7.26. The van der Waals surface area contributed by atoms with Crippen LogP contribution in [0.5, 0.6) is 0 Å². The highest BCUT2D eigenvalue weighted by atomic mass is 16.6. The highest BCUT2D eigenvalue weighted by Gasteiger charge is 2.33. The zero-order valence-corrected chi connectivity index (χ0v) is 15.0. The van der Waals surface area contributed by atoms with Gasteiger partial charge in [0.1, 0.15) is 11.3 Å². The molecule has 0 bridgehead atoms. The van der Waals surface area contributed by atoms with Crippen LogP contribution in [0.25, 0.3) is 0 Å². The van der Waals surface area contributed by atoms with Gasteiger partial charge in [0.2, 0.25) is 0 Å². The van der Waals surface area contributed by atoms with Crippen molar-refractivity contribution in [2.75, 3.05) is 18.4 Å². The molecule has 8 heteroatoms. The Morgan fingerprint density at radius 1 is 1.44 bits per heavy atom. The predicted octanol–water partition coefficient (Wildman–Crippen LogP) is 2.69. The van der Waals surface area contributed by atoms with E-state index in [4.69, 9.17) is 4.74 Å². The van der Waals surface area contributed by atoms with Gasteiger partial charge in [-0.15, -0.1) is 0 Å². The molecule has 25 heavy (non-hydrogen) atoms. The summed E-state index contributed by atoms with van der Waals surface area (Å²) < 4.78 is 5.31. The normalized spacial score (nSPS) is 20.9. The Hall–Kier alpha value is -2.35. The average Bonchev–Trinajstić information content (AvgIpc) is 2.48. The molecule has 0 spiro atoms. The quantitative estimate of drug-likeness (QED) is 0.641. The van der Waals surface area contributed by atoms with E-state index in [1.165, 1.54) is 11.0 Å². The number of anilines is 1. The number of hydrogen-bond acceptors (Lipinski definition) is 6. The number of nitrogens with one attached hydrogen (secondary N) is 1. The van der Waals surface area contributed by atoms with Gasteiger partial charge in [0.05, 0.1) is 23.6 Å². The van der Waals surface area contributed by atoms with Crippen molar-refractivity contribution in [1.29, 1.82) is 0 Å². The van der Waals surface area contributed by atoms with Crippen molar-refractivity contribution < 1.29 is 19.6 Å². The predicted molar refractivity (Wildman–Crippen MR) is 93.7 cm³/mol. The van der Waals surface area contributed by atoms with Gasteiger partial charge < -0.3 is 20.1 Å². The summed E-state index contributed by atoms with van der Waals surface area (Å²) in [5.74, 6) is 0. The summed E-state index contributed by atoms with van der Waals surface area (Å²) >= 11 is 0. The molecule has 2 rings (SSSR count). The van der Waals surface area contributed by atoms with Crippen LogP contribution in [0, 0.1) is 17.0 Å². The number of carbonyl (C=O) groups is 1. The first kappa shape index (κ1) is 19.0. The number of aliphatic hydroxyl groups excluding tert-OH is 1. The van der Waals surface area contributed by atoms with E-state index < -0.39 is 22.7 Å². The second-order valence-electron chi connectivity index (χ2n) is 7.31. The summed E-state index contributed by atoms with van der Waals surface area (Å²) in [6.45, 7) is 7.66. The second-order valence-corrected chi connectivity index (χ2v) is 7.31. The third-order valence-corrected chi connectivity index (χ3v) is 3.92. The van der Waals surface area contributed by atoms with Crippen LogP contribution in [0.2, 0.25) is 0 Å². The number of rotatable bonds is 3. The number of ether oxygens (including phenoxy) is 1. The molecule has 1 aromatic rings. The first-order valence-corrected chi connectivity index (χ1v) is 8.24. The number of piperidine rings is 1. The van der Waals surface area contributed by atoms with Gasteiger partial charge >= 0.3 is 6.09 Å².